The Kier molecular flexibility index (Phi) is 5.25. The maximum atomic E-state index is 12.5. The summed E-state index contributed by atoms with van der Waals surface area (Å²) < 4.78 is 42.4. The summed E-state index contributed by atoms with van der Waals surface area (Å²) in [6.07, 6.45) is -3.93. The van der Waals surface area contributed by atoms with Crippen LogP contribution in [0, 0.1) is 0 Å². The third kappa shape index (κ3) is 4.22. The van der Waals surface area contributed by atoms with Gasteiger partial charge >= 0.3 is 12.1 Å². The van der Waals surface area contributed by atoms with E-state index in [2.05, 4.69) is 5.32 Å². The monoisotopic (exact) mass is 330 g/mol. The summed E-state index contributed by atoms with van der Waals surface area (Å²) in [5, 5.41) is 2.81. The third-order valence-electron chi connectivity index (χ3n) is 3.51. The molecule has 23 heavy (non-hydrogen) atoms. The molecule has 126 valence electrons. The van der Waals surface area contributed by atoms with Crippen LogP contribution in [-0.4, -0.2) is 37.6 Å². The molecule has 1 amide bonds. The van der Waals surface area contributed by atoms with E-state index >= 15 is 0 Å². The molecule has 1 aromatic carbocycles. The van der Waals surface area contributed by atoms with Gasteiger partial charge in [-0.05, 0) is 37.6 Å². The number of anilines is 1. The molecule has 0 aliphatic carbocycles. The van der Waals surface area contributed by atoms with Crippen LogP contribution in [-0.2, 0) is 20.5 Å². The van der Waals surface area contributed by atoms with Gasteiger partial charge in [0.15, 0.2) is 0 Å². The van der Waals surface area contributed by atoms with E-state index in [4.69, 9.17) is 4.74 Å². The summed E-state index contributed by atoms with van der Waals surface area (Å²) in [4.78, 5) is 24.9. The van der Waals surface area contributed by atoms with Crippen LogP contribution < -0.4 is 10.2 Å². The first-order valence-corrected chi connectivity index (χ1v) is 7.20. The van der Waals surface area contributed by atoms with Crippen molar-refractivity contribution in [1.82, 2.24) is 5.32 Å². The predicted molar refractivity (Wildman–Crippen MR) is 76.8 cm³/mol. The first-order valence-electron chi connectivity index (χ1n) is 7.20. The molecule has 0 bridgehead atoms. The minimum atomic E-state index is -4.41. The first-order chi connectivity index (χ1) is 10.8. The van der Waals surface area contributed by atoms with Gasteiger partial charge in [-0.15, -0.1) is 0 Å². The average Bonchev–Trinajstić information content (AvgIpc) is 2.86. The van der Waals surface area contributed by atoms with Crippen molar-refractivity contribution in [2.24, 2.45) is 0 Å². The molecule has 0 radical (unpaired) electrons. The molecule has 5 nitrogen and oxygen atoms in total. The number of halogens is 3. The van der Waals surface area contributed by atoms with E-state index in [0.29, 0.717) is 18.7 Å². The molecule has 0 aromatic heterocycles. The highest BCUT2D eigenvalue weighted by molar-refractivity contribution is 5.99. The largest absolute Gasteiger partial charge is 0.465 e. The molecule has 1 heterocycles. The molecular weight excluding hydrogens is 313 g/mol. The Labute approximate surface area is 131 Å². The number of hydrogen-bond acceptors (Lipinski definition) is 4. The van der Waals surface area contributed by atoms with Gasteiger partial charge in [0.25, 0.3) is 0 Å². The average molecular weight is 330 g/mol. The summed E-state index contributed by atoms with van der Waals surface area (Å²) in [6, 6.07) is 3.90. The quantitative estimate of drug-likeness (QED) is 0.839. The fourth-order valence-corrected chi connectivity index (χ4v) is 2.37. The van der Waals surface area contributed by atoms with Crippen LogP contribution in [0.15, 0.2) is 24.3 Å². The predicted octanol–water partition coefficient (Wildman–Crippen LogP) is 1.96. The van der Waals surface area contributed by atoms with Crippen molar-refractivity contribution in [2.75, 3.05) is 24.6 Å². The number of hydrogen-bond donors (Lipinski definition) is 1. The zero-order valence-electron chi connectivity index (χ0n) is 12.5. The van der Waals surface area contributed by atoms with Crippen LogP contribution in [0.5, 0.6) is 0 Å². The highest BCUT2D eigenvalue weighted by Gasteiger charge is 2.34. The number of carbonyl (C=O) groups excluding carboxylic acids is 2. The molecule has 1 aliphatic heterocycles. The van der Waals surface area contributed by atoms with E-state index in [-0.39, 0.29) is 19.1 Å². The lowest BCUT2D eigenvalue weighted by Gasteiger charge is -2.18. The Morgan fingerprint density at radius 1 is 1.35 bits per heavy atom. The number of ether oxygens (including phenoxy) is 1. The van der Waals surface area contributed by atoms with Crippen LogP contribution in [0.25, 0.3) is 0 Å². The Hall–Kier alpha value is -2.09. The molecule has 0 saturated carbocycles. The van der Waals surface area contributed by atoms with E-state index in [0.717, 1.165) is 12.1 Å². The minimum absolute atomic E-state index is 0.0783. The molecule has 1 unspecified atom stereocenters. The Morgan fingerprint density at radius 3 is 2.57 bits per heavy atom. The molecular formula is C15H17F3N2O3. The van der Waals surface area contributed by atoms with Gasteiger partial charge in [-0.2, -0.15) is 13.2 Å². The molecule has 2 rings (SSSR count). The molecule has 8 heteroatoms. The lowest BCUT2D eigenvalue weighted by Crippen LogP contribution is -2.41. The van der Waals surface area contributed by atoms with Crippen LogP contribution in [0.2, 0.25) is 0 Å². The zero-order valence-corrected chi connectivity index (χ0v) is 12.5. The topological polar surface area (TPSA) is 58.6 Å². The number of nitrogens with one attached hydrogen (secondary N) is 1. The molecule has 1 fully saturated rings. The normalized spacial score (nSPS) is 18.3. The Bertz CT molecular complexity index is 572. The standard InChI is InChI=1S/C15H17F3N2O3/c1-2-23-13(21)9-19-12-7-8-20(14(12)22)11-5-3-10(4-6-11)15(16,17)18/h3-6,12,19H,2,7-9H2,1H3. The number of carbonyl (C=O) groups is 2. The van der Waals surface area contributed by atoms with E-state index in [9.17, 15) is 22.8 Å². The number of amides is 1. The summed E-state index contributed by atoms with van der Waals surface area (Å²) in [6.45, 7) is 2.25. The number of nitrogens with zero attached hydrogens (tertiary/aromatic N) is 1. The van der Waals surface area contributed by atoms with Gasteiger partial charge in [0, 0.05) is 12.2 Å². The minimum Gasteiger partial charge on any atom is -0.465 e. The second-order valence-electron chi connectivity index (χ2n) is 5.06. The number of rotatable bonds is 5. The summed E-state index contributed by atoms with van der Waals surface area (Å²) in [7, 11) is 0. The maximum Gasteiger partial charge on any atom is 0.416 e. The third-order valence-corrected chi connectivity index (χ3v) is 3.51. The fourth-order valence-electron chi connectivity index (χ4n) is 2.37. The zero-order chi connectivity index (χ0) is 17.0. The summed E-state index contributed by atoms with van der Waals surface area (Å²) >= 11 is 0. The van der Waals surface area contributed by atoms with Crippen molar-refractivity contribution in [2.45, 2.75) is 25.6 Å². The number of esters is 1. The molecule has 1 aromatic rings. The number of alkyl halides is 3. The van der Waals surface area contributed by atoms with Crippen molar-refractivity contribution in [3.8, 4) is 0 Å². The summed E-state index contributed by atoms with van der Waals surface area (Å²) in [5.41, 5.74) is -0.353. The molecule has 0 spiro atoms. The van der Waals surface area contributed by atoms with Crippen LogP contribution in [0.3, 0.4) is 0 Å². The van der Waals surface area contributed by atoms with E-state index in [1.54, 1.807) is 6.92 Å². The lowest BCUT2D eigenvalue weighted by molar-refractivity contribution is -0.142. The SMILES string of the molecule is CCOC(=O)CNC1CCN(c2ccc(C(F)(F)F)cc2)C1=O. The van der Waals surface area contributed by atoms with Gasteiger partial charge in [-0.25, -0.2) is 0 Å². The molecule has 1 aliphatic rings. The second kappa shape index (κ2) is 6.99. The van der Waals surface area contributed by atoms with Crippen LogP contribution in [0.4, 0.5) is 18.9 Å². The van der Waals surface area contributed by atoms with Gasteiger partial charge in [-0.3, -0.25) is 14.9 Å². The van der Waals surface area contributed by atoms with Gasteiger partial charge in [0.1, 0.15) is 0 Å². The van der Waals surface area contributed by atoms with Crippen LogP contribution >= 0.6 is 0 Å². The van der Waals surface area contributed by atoms with Gasteiger partial charge < -0.3 is 9.64 Å². The van der Waals surface area contributed by atoms with Crippen molar-refractivity contribution in [3.05, 3.63) is 29.8 Å². The van der Waals surface area contributed by atoms with Gasteiger partial charge in [0.2, 0.25) is 5.91 Å². The Balaban J connectivity index is 1.97. The van der Waals surface area contributed by atoms with Crippen LogP contribution in [0.1, 0.15) is 18.9 Å². The van der Waals surface area contributed by atoms with Gasteiger partial charge in [-0.1, -0.05) is 0 Å². The Morgan fingerprint density at radius 2 is 2.00 bits per heavy atom. The van der Waals surface area contributed by atoms with Crippen molar-refractivity contribution < 1.29 is 27.5 Å². The highest BCUT2D eigenvalue weighted by atomic mass is 19.4. The van der Waals surface area contributed by atoms with Crippen molar-refractivity contribution in [1.29, 1.82) is 0 Å². The van der Waals surface area contributed by atoms with E-state index in [1.807, 2.05) is 0 Å². The smallest absolute Gasteiger partial charge is 0.416 e. The van der Waals surface area contributed by atoms with Crippen molar-refractivity contribution in [3.63, 3.8) is 0 Å². The second-order valence-corrected chi connectivity index (χ2v) is 5.06. The van der Waals surface area contributed by atoms with Gasteiger partial charge in [0.05, 0.1) is 24.8 Å². The molecule has 1 saturated heterocycles. The highest BCUT2D eigenvalue weighted by Crippen LogP contribution is 2.31. The fraction of sp³-hybridized carbons (Fsp3) is 0.467. The summed E-state index contributed by atoms with van der Waals surface area (Å²) in [5.74, 6) is -0.720. The maximum absolute atomic E-state index is 12.5. The lowest BCUT2D eigenvalue weighted by atomic mass is 10.2. The van der Waals surface area contributed by atoms with E-state index in [1.165, 1.54) is 17.0 Å². The van der Waals surface area contributed by atoms with Crippen molar-refractivity contribution >= 4 is 17.6 Å². The van der Waals surface area contributed by atoms with E-state index < -0.39 is 23.8 Å². The number of benzene rings is 1. The molecule has 1 N–H and O–H groups in total. The first kappa shape index (κ1) is 17.3. The molecule has 1 atom stereocenters.